The molecule has 0 saturated carbocycles. The molecule has 2 N–H and O–H groups in total. The first-order chi connectivity index (χ1) is 7.69. The molecule has 0 radical (unpaired) electrons. The first-order valence-corrected chi connectivity index (χ1v) is 6.13. The molecule has 1 aromatic rings. The Kier molecular flexibility index (Phi) is 5.80. The number of para-hydroxylation sites is 1. The normalized spacial score (nSPS) is 12.5. The molecule has 0 aliphatic heterocycles. The maximum atomic E-state index is 5.95. The van der Waals surface area contributed by atoms with Crippen LogP contribution >= 0.6 is 15.9 Å². The lowest BCUT2D eigenvalue weighted by atomic mass is 10.0. The van der Waals surface area contributed by atoms with Crippen molar-refractivity contribution in [1.29, 1.82) is 0 Å². The molecule has 0 aromatic heterocycles. The Morgan fingerprint density at radius 2 is 2.19 bits per heavy atom. The molecule has 4 heteroatoms. The van der Waals surface area contributed by atoms with Gasteiger partial charge < -0.3 is 15.2 Å². The van der Waals surface area contributed by atoms with E-state index in [0.29, 0.717) is 0 Å². The van der Waals surface area contributed by atoms with Crippen LogP contribution in [0.1, 0.15) is 18.9 Å². The largest absolute Gasteiger partial charge is 0.466 e. The summed E-state index contributed by atoms with van der Waals surface area (Å²) in [6.07, 6.45) is 1.77. The van der Waals surface area contributed by atoms with Crippen molar-refractivity contribution >= 4 is 15.9 Å². The van der Waals surface area contributed by atoms with Gasteiger partial charge in [-0.25, -0.2) is 0 Å². The van der Waals surface area contributed by atoms with Gasteiger partial charge in [-0.05, 0) is 40.4 Å². The van der Waals surface area contributed by atoms with E-state index in [1.807, 2.05) is 18.2 Å². The van der Waals surface area contributed by atoms with Crippen LogP contribution < -0.4 is 10.5 Å². The van der Waals surface area contributed by atoms with Crippen molar-refractivity contribution < 1.29 is 9.47 Å². The number of hydrogen-bond acceptors (Lipinski definition) is 3. The Bertz CT molecular complexity index is 331. The standard InChI is InChI=1S/C12H18BrNO2/c1-3-10(14)7-9-5-4-6-11(13)12(9)16-8-15-2/h4-6,10H,3,7-8,14H2,1-2H3. The SMILES string of the molecule is CCC(N)Cc1cccc(Br)c1OCOC. The summed E-state index contributed by atoms with van der Waals surface area (Å²) in [5.74, 6) is 0.827. The number of hydrogen-bond donors (Lipinski definition) is 1. The van der Waals surface area contributed by atoms with Gasteiger partial charge in [0.1, 0.15) is 5.75 Å². The Hall–Kier alpha value is -0.580. The quantitative estimate of drug-likeness (QED) is 0.819. The highest BCUT2D eigenvalue weighted by molar-refractivity contribution is 9.10. The predicted molar refractivity (Wildman–Crippen MR) is 68.6 cm³/mol. The van der Waals surface area contributed by atoms with Crippen molar-refractivity contribution in [2.24, 2.45) is 5.73 Å². The van der Waals surface area contributed by atoms with Crippen LogP contribution in [0.4, 0.5) is 0 Å². The fourth-order valence-corrected chi connectivity index (χ4v) is 1.94. The summed E-state index contributed by atoms with van der Waals surface area (Å²) in [6, 6.07) is 6.14. The van der Waals surface area contributed by atoms with Crippen LogP contribution in [-0.4, -0.2) is 19.9 Å². The summed E-state index contributed by atoms with van der Waals surface area (Å²) in [7, 11) is 1.61. The lowest BCUT2D eigenvalue weighted by Crippen LogP contribution is -2.21. The smallest absolute Gasteiger partial charge is 0.188 e. The maximum Gasteiger partial charge on any atom is 0.188 e. The van der Waals surface area contributed by atoms with Crippen LogP contribution in [0.2, 0.25) is 0 Å². The number of halogens is 1. The van der Waals surface area contributed by atoms with Crippen molar-refractivity contribution in [3.8, 4) is 5.75 Å². The van der Waals surface area contributed by atoms with E-state index in [1.165, 1.54) is 0 Å². The van der Waals surface area contributed by atoms with Crippen molar-refractivity contribution in [2.75, 3.05) is 13.9 Å². The number of nitrogens with two attached hydrogens (primary N) is 1. The van der Waals surface area contributed by atoms with Crippen LogP contribution in [0.3, 0.4) is 0 Å². The highest BCUT2D eigenvalue weighted by atomic mass is 79.9. The molecule has 0 amide bonds. The van der Waals surface area contributed by atoms with Crippen molar-refractivity contribution in [3.05, 3.63) is 28.2 Å². The van der Waals surface area contributed by atoms with Gasteiger partial charge in [-0.3, -0.25) is 0 Å². The third-order valence-corrected chi connectivity index (χ3v) is 3.00. The highest BCUT2D eigenvalue weighted by Gasteiger charge is 2.10. The van der Waals surface area contributed by atoms with Crippen LogP contribution in [0, 0.1) is 0 Å². The molecule has 0 fully saturated rings. The third-order valence-electron chi connectivity index (χ3n) is 2.38. The summed E-state index contributed by atoms with van der Waals surface area (Å²) in [5.41, 5.74) is 7.06. The Balaban J connectivity index is 2.84. The minimum atomic E-state index is 0.166. The predicted octanol–water partition coefficient (Wildman–Crippen LogP) is 2.71. The molecule has 1 aromatic carbocycles. The second-order valence-corrected chi connectivity index (χ2v) is 4.51. The molecule has 0 aliphatic rings. The fourth-order valence-electron chi connectivity index (χ4n) is 1.42. The van der Waals surface area contributed by atoms with E-state index >= 15 is 0 Å². The molecule has 0 saturated heterocycles. The first-order valence-electron chi connectivity index (χ1n) is 5.33. The minimum Gasteiger partial charge on any atom is -0.466 e. The monoisotopic (exact) mass is 287 g/mol. The van der Waals surface area contributed by atoms with Crippen molar-refractivity contribution in [2.45, 2.75) is 25.8 Å². The molecule has 0 aliphatic carbocycles. The number of benzene rings is 1. The molecule has 0 spiro atoms. The molecule has 3 nitrogen and oxygen atoms in total. The second-order valence-electron chi connectivity index (χ2n) is 3.65. The van der Waals surface area contributed by atoms with E-state index in [4.69, 9.17) is 15.2 Å². The van der Waals surface area contributed by atoms with Crippen molar-refractivity contribution in [1.82, 2.24) is 0 Å². The average Bonchev–Trinajstić information content (AvgIpc) is 2.28. The number of methoxy groups -OCH3 is 1. The molecule has 90 valence electrons. The summed E-state index contributed by atoms with van der Waals surface area (Å²) in [4.78, 5) is 0. The minimum absolute atomic E-state index is 0.166. The van der Waals surface area contributed by atoms with Crippen LogP contribution in [0.15, 0.2) is 22.7 Å². The summed E-state index contributed by atoms with van der Waals surface area (Å²) in [6.45, 7) is 2.33. The Labute approximate surface area is 105 Å². The third kappa shape index (κ3) is 3.77. The Morgan fingerprint density at radius 1 is 1.44 bits per heavy atom. The van der Waals surface area contributed by atoms with Gasteiger partial charge in [0.15, 0.2) is 6.79 Å². The summed E-state index contributed by atoms with van der Waals surface area (Å²) < 4.78 is 11.4. The molecule has 16 heavy (non-hydrogen) atoms. The van der Waals surface area contributed by atoms with Gasteiger partial charge in [0.05, 0.1) is 4.47 Å². The molecule has 0 bridgehead atoms. The second kappa shape index (κ2) is 6.89. The van der Waals surface area contributed by atoms with Crippen LogP contribution in [0.5, 0.6) is 5.75 Å². The van der Waals surface area contributed by atoms with E-state index in [2.05, 4.69) is 22.9 Å². The first kappa shape index (κ1) is 13.5. The number of ether oxygens (including phenoxy) is 2. The Morgan fingerprint density at radius 3 is 2.81 bits per heavy atom. The zero-order valence-corrected chi connectivity index (χ0v) is 11.3. The van der Waals surface area contributed by atoms with E-state index in [0.717, 1.165) is 28.6 Å². The van der Waals surface area contributed by atoms with Gasteiger partial charge in [0.2, 0.25) is 0 Å². The zero-order valence-electron chi connectivity index (χ0n) is 9.70. The van der Waals surface area contributed by atoms with Gasteiger partial charge in [-0.15, -0.1) is 0 Å². The lowest BCUT2D eigenvalue weighted by Gasteiger charge is -2.15. The van der Waals surface area contributed by atoms with Gasteiger partial charge in [-0.1, -0.05) is 19.1 Å². The van der Waals surface area contributed by atoms with Crippen LogP contribution in [-0.2, 0) is 11.2 Å². The molecule has 1 atom stereocenters. The molecule has 1 unspecified atom stereocenters. The lowest BCUT2D eigenvalue weighted by molar-refractivity contribution is 0.0498. The van der Waals surface area contributed by atoms with Gasteiger partial charge in [-0.2, -0.15) is 0 Å². The fraction of sp³-hybridized carbons (Fsp3) is 0.500. The van der Waals surface area contributed by atoms with E-state index < -0.39 is 0 Å². The summed E-state index contributed by atoms with van der Waals surface area (Å²) >= 11 is 3.47. The molecule has 0 heterocycles. The maximum absolute atomic E-state index is 5.95. The zero-order chi connectivity index (χ0) is 12.0. The highest BCUT2D eigenvalue weighted by Crippen LogP contribution is 2.30. The van der Waals surface area contributed by atoms with E-state index in [1.54, 1.807) is 7.11 Å². The summed E-state index contributed by atoms with van der Waals surface area (Å²) in [5, 5.41) is 0. The van der Waals surface area contributed by atoms with Crippen LogP contribution in [0.25, 0.3) is 0 Å². The van der Waals surface area contributed by atoms with Gasteiger partial charge in [0.25, 0.3) is 0 Å². The van der Waals surface area contributed by atoms with E-state index in [9.17, 15) is 0 Å². The molecular formula is C12H18BrNO2. The topological polar surface area (TPSA) is 44.5 Å². The van der Waals surface area contributed by atoms with Gasteiger partial charge in [0, 0.05) is 13.2 Å². The van der Waals surface area contributed by atoms with Crippen molar-refractivity contribution in [3.63, 3.8) is 0 Å². The molecular weight excluding hydrogens is 270 g/mol. The average molecular weight is 288 g/mol. The number of rotatable bonds is 6. The van der Waals surface area contributed by atoms with Gasteiger partial charge >= 0.3 is 0 Å². The molecule has 1 rings (SSSR count). The van der Waals surface area contributed by atoms with E-state index in [-0.39, 0.29) is 12.8 Å².